The lowest BCUT2D eigenvalue weighted by molar-refractivity contribution is -0.138. The van der Waals surface area contributed by atoms with Crippen LogP contribution in [0.5, 0.6) is 5.75 Å². The van der Waals surface area contributed by atoms with Crippen LogP contribution >= 0.6 is 0 Å². The minimum atomic E-state index is -4.39. The van der Waals surface area contributed by atoms with Crippen molar-refractivity contribution in [3.8, 4) is 5.75 Å². The zero-order valence-electron chi connectivity index (χ0n) is 10.5. The lowest BCUT2D eigenvalue weighted by Gasteiger charge is -2.15. The van der Waals surface area contributed by atoms with Crippen LogP contribution in [0, 0.1) is 5.41 Å². The Morgan fingerprint density at radius 2 is 1.83 bits per heavy atom. The fraction of sp³-hybridized carbons (Fsp3) is 0.538. The first kappa shape index (κ1) is 13.2. The van der Waals surface area contributed by atoms with Gasteiger partial charge in [-0.05, 0) is 23.1 Å². The van der Waals surface area contributed by atoms with Crippen LogP contribution in [-0.2, 0) is 6.18 Å². The van der Waals surface area contributed by atoms with Gasteiger partial charge in [0.1, 0.15) is 5.75 Å². The lowest BCUT2D eigenvalue weighted by Crippen LogP contribution is -2.11. The second kappa shape index (κ2) is 3.88. The second-order valence-electron chi connectivity index (χ2n) is 5.28. The smallest absolute Gasteiger partial charge is 0.416 e. The normalized spacial score (nSPS) is 25.9. The molecule has 1 aromatic carbocycles. The van der Waals surface area contributed by atoms with Crippen LogP contribution < -0.4 is 10.5 Å². The first-order chi connectivity index (χ1) is 8.19. The molecule has 0 saturated heterocycles. The quantitative estimate of drug-likeness (QED) is 0.885. The highest BCUT2D eigenvalue weighted by atomic mass is 19.4. The number of hydrogen-bond acceptors (Lipinski definition) is 2. The van der Waals surface area contributed by atoms with Crippen LogP contribution in [0.2, 0.25) is 0 Å². The highest BCUT2D eigenvalue weighted by molar-refractivity contribution is 5.45. The van der Waals surface area contributed by atoms with Crippen molar-refractivity contribution in [3.63, 3.8) is 0 Å². The van der Waals surface area contributed by atoms with Crippen molar-refractivity contribution in [2.75, 3.05) is 7.11 Å². The van der Waals surface area contributed by atoms with E-state index in [1.807, 2.05) is 13.8 Å². The van der Waals surface area contributed by atoms with Gasteiger partial charge in [-0.2, -0.15) is 13.2 Å². The molecule has 2 nitrogen and oxygen atoms in total. The molecular formula is C13H16F3NO. The fourth-order valence-electron chi connectivity index (χ4n) is 2.45. The van der Waals surface area contributed by atoms with Crippen molar-refractivity contribution in [2.24, 2.45) is 11.1 Å². The first-order valence-corrected chi connectivity index (χ1v) is 5.70. The monoisotopic (exact) mass is 259 g/mol. The predicted octanol–water partition coefficient (Wildman–Crippen LogP) is 3.16. The molecule has 2 rings (SSSR count). The van der Waals surface area contributed by atoms with E-state index in [4.69, 9.17) is 10.5 Å². The molecule has 2 N–H and O–H groups in total. The van der Waals surface area contributed by atoms with E-state index >= 15 is 0 Å². The van der Waals surface area contributed by atoms with E-state index in [-0.39, 0.29) is 28.7 Å². The summed E-state index contributed by atoms with van der Waals surface area (Å²) >= 11 is 0. The van der Waals surface area contributed by atoms with E-state index in [0.717, 1.165) is 6.07 Å². The number of ether oxygens (including phenoxy) is 1. The third kappa shape index (κ3) is 1.96. The van der Waals surface area contributed by atoms with E-state index in [9.17, 15) is 13.2 Å². The van der Waals surface area contributed by atoms with E-state index in [2.05, 4.69) is 0 Å². The molecule has 5 heteroatoms. The van der Waals surface area contributed by atoms with E-state index in [1.54, 1.807) is 6.07 Å². The van der Waals surface area contributed by atoms with Crippen molar-refractivity contribution in [1.82, 2.24) is 0 Å². The van der Waals surface area contributed by atoms with Crippen LogP contribution in [0.3, 0.4) is 0 Å². The van der Waals surface area contributed by atoms with Crippen molar-refractivity contribution in [2.45, 2.75) is 32.0 Å². The summed E-state index contributed by atoms with van der Waals surface area (Å²) in [6.45, 7) is 3.76. The Hall–Kier alpha value is -1.23. The molecule has 1 aliphatic carbocycles. The van der Waals surface area contributed by atoms with Crippen LogP contribution in [-0.4, -0.2) is 13.2 Å². The minimum absolute atomic E-state index is 0.207. The van der Waals surface area contributed by atoms with Gasteiger partial charge in [0.15, 0.2) is 0 Å². The van der Waals surface area contributed by atoms with Crippen LogP contribution in [0.1, 0.15) is 30.9 Å². The maximum Gasteiger partial charge on any atom is 0.416 e. The van der Waals surface area contributed by atoms with E-state index < -0.39 is 11.7 Å². The molecular weight excluding hydrogens is 243 g/mol. The van der Waals surface area contributed by atoms with Crippen LogP contribution in [0.4, 0.5) is 13.2 Å². The zero-order valence-corrected chi connectivity index (χ0v) is 10.5. The molecule has 1 aromatic rings. The summed E-state index contributed by atoms with van der Waals surface area (Å²) < 4.78 is 44.0. The summed E-state index contributed by atoms with van der Waals surface area (Å²) in [7, 11) is 1.35. The Kier molecular flexibility index (Phi) is 2.85. The molecule has 1 saturated carbocycles. The summed E-state index contributed by atoms with van der Waals surface area (Å²) in [6, 6.07) is 3.83. The van der Waals surface area contributed by atoms with Crippen molar-refractivity contribution in [3.05, 3.63) is 29.3 Å². The molecule has 0 unspecified atom stereocenters. The topological polar surface area (TPSA) is 35.2 Å². The van der Waals surface area contributed by atoms with Gasteiger partial charge in [0.2, 0.25) is 0 Å². The van der Waals surface area contributed by atoms with Crippen LogP contribution in [0.25, 0.3) is 0 Å². The number of hydrogen-bond donors (Lipinski definition) is 1. The minimum Gasteiger partial charge on any atom is -0.497 e. The number of benzene rings is 1. The molecule has 100 valence electrons. The number of nitrogens with two attached hydrogens (primary N) is 1. The average Bonchev–Trinajstić information content (AvgIpc) is 2.76. The molecule has 2 atom stereocenters. The molecule has 0 heterocycles. The maximum atomic E-state index is 13.0. The number of rotatable bonds is 2. The van der Waals surface area contributed by atoms with E-state index in [1.165, 1.54) is 13.2 Å². The summed E-state index contributed by atoms with van der Waals surface area (Å²) in [5.74, 6) is -0.0434. The molecule has 1 fully saturated rings. The average molecular weight is 259 g/mol. The number of halogens is 3. The third-order valence-corrected chi connectivity index (χ3v) is 3.81. The highest BCUT2D eigenvalue weighted by Gasteiger charge is 2.58. The van der Waals surface area contributed by atoms with Crippen molar-refractivity contribution in [1.29, 1.82) is 0 Å². The van der Waals surface area contributed by atoms with Gasteiger partial charge in [-0.15, -0.1) is 0 Å². The Morgan fingerprint density at radius 3 is 2.22 bits per heavy atom. The van der Waals surface area contributed by atoms with Gasteiger partial charge in [0.25, 0.3) is 0 Å². The summed E-state index contributed by atoms with van der Waals surface area (Å²) in [4.78, 5) is 0. The third-order valence-electron chi connectivity index (χ3n) is 3.81. The lowest BCUT2D eigenvalue weighted by atomic mass is 9.97. The summed E-state index contributed by atoms with van der Waals surface area (Å²) in [5, 5.41) is 0. The summed E-state index contributed by atoms with van der Waals surface area (Å²) in [5.41, 5.74) is 5.20. The molecule has 1 aliphatic rings. The van der Waals surface area contributed by atoms with Gasteiger partial charge < -0.3 is 10.5 Å². The van der Waals surface area contributed by atoms with Gasteiger partial charge in [-0.1, -0.05) is 19.9 Å². The Balaban J connectivity index is 2.49. The Bertz CT molecular complexity index is 468. The van der Waals surface area contributed by atoms with Gasteiger partial charge in [0, 0.05) is 12.0 Å². The molecule has 0 aromatic heterocycles. The first-order valence-electron chi connectivity index (χ1n) is 5.70. The van der Waals surface area contributed by atoms with Gasteiger partial charge in [0.05, 0.1) is 12.7 Å². The SMILES string of the molecule is COc1ccc([C@@H]2[C@@H](N)C2(C)C)c(C(F)(F)F)c1. The zero-order chi connectivity index (χ0) is 13.7. The Morgan fingerprint density at radius 1 is 1.28 bits per heavy atom. The number of alkyl halides is 3. The molecule has 0 radical (unpaired) electrons. The van der Waals surface area contributed by atoms with Crippen molar-refractivity contribution >= 4 is 0 Å². The highest BCUT2D eigenvalue weighted by Crippen LogP contribution is 2.59. The fourth-order valence-corrected chi connectivity index (χ4v) is 2.45. The molecule has 0 bridgehead atoms. The standard InChI is InChI=1S/C13H16F3NO/c1-12(2)10(11(12)17)8-5-4-7(18-3)6-9(8)13(14,15)16/h4-6,10-11H,17H2,1-3H3/t10-,11-/m1/s1. The predicted molar refractivity (Wildman–Crippen MR) is 62.5 cm³/mol. The molecule has 0 aliphatic heterocycles. The maximum absolute atomic E-state index is 13.0. The molecule has 18 heavy (non-hydrogen) atoms. The molecule has 0 spiro atoms. The van der Waals surface area contributed by atoms with Crippen LogP contribution in [0.15, 0.2) is 18.2 Å². The van der Waals surface area contributed by atoms with Gasteiger partial charge >= 0.3 is 6.18 Å². The Labute approximate surface area is 104 Å². The second-order valence-corrected chi connectivity index (χ2v) is 5.28. The summed E-state index contributed by atoms with van der Waals surface area (Å²) in [6.07, 6.45) is -4.39. The largest absolute Gasteiger partial charge is 0.497 e. The van der Waals surface area contributed by atoms with Gasteiger partial charge in [-0.25, -0.2) is 0 Å². The molecule has 0 amide bonds. The van der Waals surface area contributed by atoms with Gasteiger partial charge in [-0.3, -0.25) is 0 Å². The number of methoxy groups -OCH3 is 1. The van der Waals surface area contributed by atoms with E-state index in [0.29, 0.717) is 0 Å². The van der Waals surface area contributed by atoms with Crippen molar-refractivity contribution < 1.29 is 17.9 Å².